The van der Waals surface area contributed by atoms with Crippen molar-refractivity contribution in [2.75, 3.05) is 18.5 Å². The van der Waals surface area contributed by atoms with Crippen LogP contribution in [-0.2, 0) is 9.59 Å². The van der Waals surface area contributed by atoms with Crippen LogP contribution >= 0.6 is 0 Å². The third kappa shape index (κ3) is 4.59. The Kier molecular flexibility index (Phi) is 4.57. The van der Waals surface area contributed by atoms with E-state index in [1.165, 1.54) is 23.1 Å². The van der Waals surface area contributed by atoms with E-state index in [0.717, 1.165) is 18.9 Å². The van der Waals surface area contributed by atoms with Crippen LogP contribution < -0.4 is 10.2 Å². The Bertz CT molecular complexity index is 582. The molecule has 1 aliphatic rings. The quantitative estimate of drug-likeness (QED) is 0.782. The lowest BCUT2D eigenvalue weighted by Gasteiger charge is -2.19. The molecule has 1 saturated carbocycles. The molecule has 1 aromatic rings. The molecule has 6 heteroatoms. The fourth-order valence-corrected chi connectivity index (χ4v) is 1.91. The van der Waals surface area contributed by atoms with Gasteiger partial charge in [-0.1, -0.05) is 6.07 Å². The van der Waals surface area contributed by atoms with Gasteiger partial charge in [0.2, 0.25) is 5.91 Å². The number of carboxylic acids is 1. The minimum absolute atomic E-state index is 0.0811. The number of hydrogen-bond acceptors (Lipinski definition) is 3. The average molecular weight is 292 g/mol. The summed E-state index contributed by atoms with van der Waals surface area (Å²) in [5.41, 5.74) is 0.753. The summed E-state index contributed by atoms with van der Waals surface area (Å²) in [4.78, 5) is 23.6. The zero-order valence-electron chi connectivity index (χ0n) is 11.7. The van der Waals surface area contributed by atoms with E-state index in [-0.39, 0.29) is 18.5 Å². The second-order valence-corrected chi connectivity index (χ2v) is 5.08. The minimum Gasteiger partial charge on any atom is -0.478 e. The van der Waals surface area contributed by atoms with Gasteiger partial charge in [0.1, 0.15) is 5.82 Å². The first-order valence-electron chi connectivity index (χ1n) is 6.67. The van der Waals surface area contributed by atoms with Crippen molar-refractivity contribution in [2.45, 2.75) is 18.9 Å². The molecule has 2 rings (SSSR count). The number of benzene rings is 1. The highest BCUT2D eigenvalue weighted by Crippen LogP contribution is 2.21. The predicted molar refractivity (Wildman–Crippen MR) is 77.5 cm³/mol. The number of carbonyl (C=O) groups excluding carboxylic acids is 1. The molecule has 2 N–H and O–H groups in total. The van der Waals surface area contributed by atoms with Crippen molar-refractivity contribution in [3.05, 3.63) is 35.7 Å². The zero-order valence-corrected chi connectivity index (χ0v) is 11.7. The van der Waals surface area contributed by atoms with E-state index in [1.807, 2.05) is 0 Å². The zero-order chi connectivity index (χ0) is 15.4. The number of aliphatic carboxylic acids is 1. The van der Waals surface area contributed by atoms with Crippen LogP contribution in [-0.4, -0.2) is 36.6 Å². The second-order valence-electron chi connectivity index (χ2n) is 5.08. The Labute approximate surface area is 122 Å². The first kappa shape index (κ1) is 15.0. The van der Waals surface area contributed by atoms with Crippen LogP contribution in [0.4, 0.5) is 10.1 Å². The number of amides is 1. The first-order chi connectivity index (χ1) is 9.95. The van der Waals surface area contributed by atoms with E-state index in [1.54, 1.807) is 13.1 Å². The number of nitrogens with zero attached hydrogens (tertiary/aromatic N) is 1. The molecule has 0 bridgehead atoms. The molecule has 0 aliphatic heterocycles. The molecule has 0 atom stereocenters. The molecule has 112 valence electrons. The van der Waals surface area contributed by atoms with E-state index >= 15 is 0 Å². The van der Waals surface area contributed by atoms with Crippen molar-refractivity contribution in [2.24, 2.45) is 0 Å². The highest BCUT2D eigenvalue weighted by atomic mass is 19.1. The van der Waals surface area contributed by atoms with E-state index in [2.05, 4.69) is 5.32 Å². The fourth-order valence-electron chi connectivity index (χ4n) is 1.91. The molecule has 1 aromatic carbocycles. The summed E-state index contributed by atoms with van der Waals surface area (Å²) in [5, 5.41) is 11.4. The highest BCUT2D eigenvalue weighted by molar-refractivity contribution is 5.85. The topological polar surface area (TPSA) is 69.6 Å². The Balaban J connectivity index is 2.01. The third-order valence-corrected chi connectivity index (χ3v) is 3.12. The van der Waals surface area contributed by atoms with E-state index in [0.29, 0.717) is 11.3 Å². The maximum absolute atomic E-state index is 14.0. The Morgan fingerprint density at radius 3 is 2.76 bits per heavy atom. The summed E-state index contributed by atoms with van der Waals surface area (Å²) in [6.45, 7) is 0.0811. The predicted octanol–water partition coefficient (Wildman–Crippen LogP) is 1.64. The molecule has 0 saturated heterocycles. The van der Waals surface area contributed by atoms with Crippen molar-refractivity contribution >= 4 is 23.6 Å². The summed E-state index contributed by atoms with van der Waals surface area (Å²) in [6.07, 6.45) is 4.28. The summed E-state index contributed by atoms with van der Waals surface area (Å²) in [7, 11) is 1.64. The van der Waals surface area contributed by atoms with Gasteiger partial charge in [-0.3, -0.25) is 4.79 Å². The molecule has 0 aromatic heterocycles. The van der Waals surface area contributed by atoms with Gasteiger partial charge in [0.15, 0.2) is 0 Å². The van der Waals surface area contributed by atoms with Crippen LogP contribution in [0.5, 0.6) is 0 Å². The smallest absolute Gasteiger partial charge is 0.328 e. The molecular formula is C15H17FN2O3. The Morgan fingerprint density at radius 1 is 1.48 bits per heavy atom. The van der Waals surface area contributed by atoms with Crippen molar-refractivity contribution in [3.63, 3.8) is 0 Å². The van der Waals surface area contributed by atoms with Crippen molar-refractivity contribution in [1.82, 2.24) is 5.32 Å². The van der Waals surface area contributed by atoms with Gasteiger partial charge in [-0.05, 0) is 36.6 Å². The first-order valence-corrected chi connectivity index (χ1v) is 6.67. The van der Waals surface area contributed by atoms with Crippen molar-refractivity contribution < 1.29 is 19.1 Å². The molecular weight excluding hydrogens is 275 g/mol. The maximum Gasteiger partial charge on any atom is 0.328 e. The van der Waals surface area contributed by atoms with E-state index < -0.39 is 11.8 Å². The van der Waals surface area contributed by atoms with Crippen LogP contribution in [0, 0.1) is 5.82 Å². The van der Waals surface area contributed by atoms with Gasteiger partial charge in [0.25, 0.3) is 0 Å². The number of halogens is 1. The van der Waals surface area contributed by atoms with Gasteiger partial charge in [0.05, 0.1) is 12.2 Å². The number of likely N-dealkylation sites (N-methyl/N-ethyl adjacent to an activating group) is 1. The van der Waals surface area contributed by atoms with Crippen LogP contribution in [0.15, 0.2) is 24.3 Å². The SMILES string of the molecule is CN(CC(=O)NC1CC1)c1ccc(C=CC(=O)O)cc1F. The Hall–Kier alpha value is -2.37. The Morgan fingerprint density at radius 2 is 2.19 bits per heavy atom. The summed E-state index contributed by atoms with van der Waals surface area (Å²) in [6, 6.07) is 4.65. The number of rotatable bonds is 6. The largest absolute Gasteiger partial charge is 0.478 e. The summed E-state index contributed by atoms with van der Waals surface area (Å²) < 4.78 is 14.0. The maximum atomic E-state index is 14.0. The molecule has 1 fully saturated rings. The van der Waals surface area contributed by atoms with Crippen LogP contribution in [0.2, 0.25) is 0 Å². The molecule has 1 aliphatic carbocycles. The van der Waals surface area contributed by atoms with Crippen LogP contribution in [0.25, 0.3) is 6.08 Å². The van der Waals surface area contributed by atoms with Crippen molar-refractivity contribution in [3.8, 4) is 0 Å². The minimum atomic E-state index is -1.09. The molecule has 0 spiro atoms. The average Bonchev–Trinajstić information content (AvgIpc) is 3.19. The summed E-state index contributed by atoms with van der Waals surface area (Å²) >= 11 is 0. The lowest BCUT2D eigenvalue weighted by molar-refractivity contribution is -0.131. The number of carboxylic acid groups (broad SMARTS) is 1. The number of hydrogen-bond donors (Lipinski definition) is 2. The standard InChI is InChI=1S/C15H17FN2O3/c1-18(9-14(19)17-11-4-5-11)13-6-2-10(8-12(13)16)3-7-15(20)21/h2-3,6-8,11H,4-5,9H2,1H3,(H,17,19)(H,20,21). The second kappa shape index (κ2) is 6.39. The van der Waals surface area contributed by atoms with E-state index in [9.17, 15) is 14.0 Å². The van der Waals surface area contributed by atoms with Gasteiger partial charge in [-0.25, -0.2) is 9.18 Å². The molecule has 1 amide bonds. The fraction of sp³-hybridized carbons (Fsp3) is 0.333. The lowest BCUT2D eigenvalue weighted by atomic mass is 10.1. The van der Waals surface area contributed by atoms with Gasteiger partial charge < -0.3 is 15.3 Å². The lowest BCUT2D eigenvalue weighted by Crippen LogP contribution is -2.36. The molecule has 0 heterocycles. The molecule has 21 heavy (non-hydrogen) atoms. The van der Waals surface area contributed by atoms with Gasteiger partial charge in [-0.2, -0.15) is 0 Å². The number of anilines is 1. The monoisotopic (exact) mass is 292 g/mol. The number of carbonyl (C=O) groups is 2. The molecule has 0 radical (unpaired) electrons. The third-order valence-electron chi connectivity index (χ3n) is 3.12. The van der Waals surface area contributed by atoms with Crippen LogP contribution in [0.1, 0.15) is 18.4 Å². The molecule has 5 nitrogen and oxygen atoms in total. The van der Waals surface area contributed by atoms with Gasteiger partial charge in [-0.15, -0.1) is 0 Å². The summed E-state index contributed by atoms with van der Waals surface area (Å²) in [5.74, 6) is -1.72. The highest BCUT2D eigenvalue weighted by Gasteiger charge is 2.23. The van der Waals surface area contributed by atoms with Crippen molar-refractivity contribution in [1.29, 1.82) is 0 Å². The van der Waals surface area contributed by atoms with Gasteiger partial charge in [0, 0.05) is 19.2 Å². The molecule has 0 unspecified atom stereocenters. The normalized spacial score (nSPS) is 14.2. The van der Waals surface area contributed by atoms with Gasteiger partial charge >= 0.3 is 5.97 Å². The number of nitrogens with one attached hydrogen (secondary N) is 1. The van der Waals surface area contributed by atoms with E-state index in [4.69, 9.17) is 5.11 Å². The van der Waals surface area contributed by atoms with Crippen LogP contribution in [0.3, 0.4) is 0 Å².